The smallest absolute Gasteiger partial charge is 0.0721 e. The first kappa shape index (κ1) is 11.6. The molecular formula is C14H19NOS. The molecule has 1 unspecified atom stereocenters. The van der Waals surface area contributed by atoms with Crippen LogP contribution in [0.3, 0.4) is 0 Å². The van der Waals surface area contributed by atoms with E-state index in [2.05, 4.69) is 41.3 Å². The molecule has 2 aliphatic rings. The normalized spacial score (nSPS) is 25.5. The van der Waals surface area contributed by atoms with Crippen molar-refractivity contribution in [1.29, 1.82) is 0 Å². The molecule has 3 rings (SSSR count). The number of fused-ring (bicyclic) bond motifs is 1. The second kappa shape index (κ2) is 5.42. The minimum atomic E-state index is 0.396. The third kappa shape index (κ3) is 2.67. The average Bonchev–Trinajstić information content (AvgIpc) is 2.40. The Labute approximate surface area is 107 Å². The lowest BCUT2D eigenvalue weighted by Crippen LogP contribution is -2.39. The fourth-order valence-electron chi connectivity index (χ4n) is 2.67. The summed E-state index contributed by atoms with van der Waals surface area (Å²) in [5, 5.41) is 3.78. The van der Waals surface area contributed by atoms with Crippen LogP contribution in [0.15, 0.2) is 24.3 Å². The van der Waals surface area contributed by atoms with Crippen molar-refractivity contribution < 1.29 is 4.74 Å². The molecular weight excluding hydrogens is 230 g/mol. The van der Waals surface area contributed by atoms with Gasteiger partial charge in [-0.25, -0.2) is 0 Å². The highest BCUT2D eigenvalue weighted by atomic mass is 32.2. The van der Waals surface area contributed by atoms with E-state index in [1.165, 1.54) is 35.5 Å². The van der Waals surface area contributed by atoms with E-state index in [-0.39, 0.29) is 0 Å². The predicted octanol–water partition coefficient (Wildman–Crippen LogP) is 2.74. The van der Waals surface area contributed by atoms with Gasteiger partial charge in [-0.1, -0.05) is 24.3 Å². The predicted molar refractivity (Wildman–Crippen MR) is 72.3 cm³/mol. The summed E-state index contributed by atoms with van der Waals surface area (Å²) < 4.78 is 5.68. The van der Waals surface area contributed by atoms with Crippen LogP contribution in [0, 0.1) is 0 Å². The van der Waals surface area contributed by atoms with Crippen LogP contribution >= 0.6 is 11.8 Å². The Morgan fingerprint density at radius 1 is 1.18 bits per heavy atom. The van der Waals surface area contributed by atoms with Gasteiger partial charge >= 0.3 is 0 Å². The van der Waals surface area contributed by atoms with E-state index >= 15 is 0 Å². The largest absolute Gasteiger partial charge is 0.375 e. The first-order valence-electron chi connectivity index (χ1n) is 6.43. The Balaban J connectivity index is 1.71. The van der Waals surface area contributed by atoms with Crippen molar-refractivity contribution in [3.05, 3.63) is 35.4 Å². The molecule has 17 heavy (non-hydrogen) atoms. The van der Waals surface area contributed by atoms with Crippen molar-refractivity contribution >= 4 is 11.8 Å². The molecule has 1 atom stereocenters. The third-order valence-corrected chi connectivity index (χ3v) is 4.68. The fourth-order valence-corrected chi connectivity index (χ4v) is 3.78. The molecule has 1 fully saturated rings. The number of nitrogens with one attached hydrogen (secondary N) is 1. The van der Waals surface area contributed by atoms with Gasteiger partial charge < -0.3 is 10.1 Å². The molecule has 2 aliphatic heterocycles. The Morgan fingerprint density at radius 2 is 2.00 bits per heavy atom. The molecule has 0 saturated carbocycles. The van der Waals surface area contributed by atoms with Crippen molar-refractivity contribution in [3.8, 4) is 0 Å². The van der Waals surface area contributed by atoms with E-state index in [1.54, 1.807) is 0 Å². The second-order valence-corrected chi connectivity index (χ2v) is 6.04. The molecule has 2 heterocycles. The fraction of sp³-hybridized carbons (Fsp3) is 0.571. The van der Waals surface area contributed by atoms with Gasteiger partial charge in [-0.3, -0.25) is 0 Å². The minimum Gasteiger partial charge on any atom is -0.375 e. The van der Waals surface area contributed by atoms with E-state index < -0.39 is 0 Å². The van der Waals surface area contributed by atoms with Gasteiger partial charge in [0.05, 0.1) is 19.3 Å². The molecule has 0 bridgehead atoms. The van der Waals surface area contributed by atoms with Crippen LogP contribution in [-0.4, -0.2) is 24.2 Å². The van der Waals surface area contributed by atoms with E-state index in [0.29, 0.717) is 12.1 Å². The maximum absolute atomic E-state index is 5.68. The van der Waals surface area contributed by atoms with Crippen molar-refractivity contribution in [2.45, 2.75) is 31.5 Å². The molecule has 3 heteroatoms. The molecule has 0 amide bonds. The summed E-state index contributed by atoms with van der Waals surface area (Å²) in [7, 11) is 0. The first-order chi connectivity index (χ1) is 8.43. The van der Waals surface area contributed by atoms with Gasteiger partial charge in [0, 0.05) is 6.04 Å². The summed E-state index contributed by atoms with van der Waals surface area (Å²) in [6.07, 6.45) is 2.59. The summed E-state index contributed by atoms with van der Waals surface area (Å²) in [4.78, 5) is 0. The van der Waals surface area contributed by atoms with Gasteiger partial charge in [-0.15, -0.1) is 0 Å². The summed E-state index contributed by atoms with van der Waals surface area (Å²) in [5.74, 6) is 2.60. The summed E-state index contributed by atoms with van der Waals surface area (Å²) >= 11 is 2.08. The highest BCUT2D eigenvalue weighted by Gasteiger charge is 2.23. The van der Waals surface area contributed by atoms with Gasteiger partial charge in [0.1, 0.15) is 0 Å². The molecule has 1 saturated heterocycles. The van der Waals surface area contributed by atoms with Crippen molar-refractivity contribution in [1.82, 2.24) is 5.32 Å². The van der Waals surface area contributed by atoms with Gasteiger partial charge in [0.15, 0.2) is 0 Å². The summed E-state index contributed by atoms with van der Waals surface area (Å²) in [6, 6.07) is 9.73. The molecule has 1 aromatic carbocycles. The Hall–Kier alpha value is -0.510. The lowest BCUT2D eigenvalue weighted by molar-refractivity contribution is 0.0780. The topological polar surface area (TPSA) is 21.3 Å². The lowest BCUT2D eigenvalue weighted by atomic mass is 9.97. The average molecular weight is 249 g/mol. The van der Waals surface area contributed by atoms with Crippen LogP contribution in [0.5, 0.6) is 0 Å². The molecule has 1 aromatic rings. The highest BCUT2D eigenvalue weighted by Crippen LogP contribution is 2.27. The van der Waals surface area contributed by atoms with Crippen molar-refractivity contribution in [3.63, 3.8) is 0 Å². The van der Waals surface area contributed by atoms with Gasteiger partial charge in [-0.05, 0) is 35.5 Å². The van der Waals surface area contributed by atoms with E-state index in [9.17, 15) is 0 Å². The highest BCUT2D eigenvalue weighted by molar-refractivity contribution is 7.99. The number of ether oxygens (including phenoxy) is 1. The molecule has 0 aliphatic carbocycles. The SMILES string of the molecule is c1ccc2c(c1)COCC2NC1CCSCC1. The maximum atomic E-state index is 5.68. The van der Waals surface area contributed by atoms with Crippen LogP contribution in [0.2, 0.25) is 0 Å². The van der Waals surface area contributed by atoms with Crippen LogP contribution in [0.25, 0.3) is 0 Å². The van der Waals surface area contributed by atoms with E-state index in [0.717, 1.165) is 13.2 Å². The van der Waals surface area contributed by atoms with Crippen LogP contribution in [0.1, 0.15) is 30.0 Å². The standard InChI is InChI=1S/C14H19NOS/c1-2-4-13-11(3-1)9-16-10-14(13)15-12-5-7-17-8-6-12/h1-4,12,14-15H,5-10H2. The molecule has 1 N–H and O–H groups in total. The van der Waals surface area contributed by atoms with E-state index in [1.807, 2.05) is 0 Å². The molecule has 0 aromatic heterocycles. The zero-order valence-corrected chi connectivity index (χ0v) is 10.8. The van der Waals surface area contributed by atoms with E-state index in [4.69, 9.17) is 4.74 Å². The number of thioether (sulfide) groups is 1. The Morgan fingerprint density at radius 3 is 2.88 bits per heavy atom. The zero-order valence-electron chi connectivity index (χ0n) is 10.0. The molecule has 92 valence electrons. The maximum Gasteiger partial charge on any atom is 0.0721 e. The molecule has 2 nitrogen and oxygen atoms in total. The van der Waals surface area contributed by atoms with Crippen LogP contribution in [-0.2, 0) is 11.3 Å². The van der Waals surface area contributed by atoms with Crippen molar-refractivity contribution in [2.75, 3.05) is 18.1 Å². The van der Waals surface area contributed by atoms with Gasteiger partial charge in [-0.2, -0.15) is 11.8 Å². The van der Waals surface area contributed by atoms with Gasteiger partial charge in [0.25, 0.3) is 0 Å². The minimum absolute atomic E-state index is 0.396. The third-order valence-electron chi connectivity index (χ3n) is 3.63. The molecule has 0 radical (unpaired) electrons. The van der Waals surface area contributed by atoms with Crippen LogP contribution in [0.4, 0.5) is 0 Å². The van der Waals surface area contributed by atoms with Crippen LogP contribution < -0.4 is 5.32 Å². The first-order valence-corrected chi connectivity index (χ1v) is 7.58. The number of hydrogen-bond acceptors (Lipinski definition) is 3. The number of hydrogen-bond donors (Lipinski definition) is 1. The van der Waals surface area contributed by atoms with Crippen molar-refractivity contribution in [2.24, 2.45) is 0 Å². The van der Waals surface area contributed by atoms with Gasteiger partial charge in [0.2, 0.25) is 0 Å². The summed E-state index contributed by atoms with van der Waals surface area (Å²) in [5.41, 5.74) is 2.79. The zero-order chi connectivity index (χ0) is 11.5. The Bertz CT molecular complexity index is 376. The number of rotatable bonds is 2. The lowest BCUT2D eigenvalue weighted by Gasteiger charge is -2.32. The number of benzene rings is 1. The second-order valence-electron chi connectivity index (χ2n) is 4.82. The Kier molecular flexibility index (Phi) is 3.69. The monoisotopic (exact) mass is 249 g/mol. The molecule has 0 spiro atoms. The quantitative estimate of drug-likeness (QED) is 0.871. The summed E-state index contributed by atoms with van der Waals surface area (Å²) in [6.45, 7) is 1.59.